The molecule has 0 saturated carbocycles. The molecule has 4 rings (SSSR count). The molecular weight excluding hydrogens is 471 g/mol. The molecule has 0 aliphatic carbocycles. The van der Waals surface area contributed by atoms with E-state index in [0.29, 0.717) is 18.3 Å². The van der Waals surface area contributed by atoms with Gasteiger partial charge in [-0.15, -0.1) is 21.5 Å². The van der Waals surface area contributed by atoms with Gasteiger partial charge in [0.15, 0.2) is 11.0 Å². The molecule has 2 aromatic heterocycles. The summed E-state index contributed by atoms with van der Waals surface area (Å²) in [4.78, 5) is 13.9. The van der Waals surface area contributed by atoms with Crippen LogP contribution in [-0.4, -0.2) is 40.1 Å². The third-order valence-electron chi connectivity index (χ3n) is 5.18. The number of halogens is 1. The molecule has 1 atom stereocenters. The van der Waals surface area contributed by atoms with E-state index in [4.69, 9.17) is 4.74 Å². The second-order valence-electron chi connectivity index (χ2n) is 7.68. The van der Waals surface area contributed by atoms with Gasteiger partial charge in [0.1, 0.15) is 5.82 Å². The second-order valence-corrected chi connectivity index (χ2v) is 9.60. The number of hydrogen-bond donors (Lipinski definition) is 1. The van der Waals surface area contributed by atoms with E-state index in [1.54, 1.807) is 30.6 Å². The van der Waals surface area contributed by atoms with E-state index in [-0.39, 0.29) is 23.5 Å². The smallest absolute Gasteiger partial charge is 0.231 e. The van der Waals surface area contributed by atoms with Crippen LogP contribution < -0.4 is 5.32 Å². The normalized spacial score (nSPS) is 12.0. The average molecular weight is 497 g/mol. The van der Waals surface area contributed by atoms with Crippen molar-refractivity contribution in [3.63, 3.8) is 0 Å². The van der Waals surface area contributed by atoms with E-state index in [1.807, 2.05) is 47.2 Å². The lowest BCUT2D eigenvalue weighted by Crippen LogP contribution is -2.30. The summed E-state index contributed by atoms with van der Waals surface area (Å²) in [5.74, 6) is 0.454. The molecule has 1 N–H and O–H groups in total. The van der Waals surface area contributed by atoms with E-state index >= 15 is 0 Å². The van der Waals surface area contributed by atoms with Crippen molar-refractivity contribution >= 4 is 29.0 Å². The molecule has 0 saturated heterocycles. The van der Waals surface area contributed by atoms with Crippen molar-refractivity contribution in [1.29, 1.82) is 0 Å². The Balaban J connectivity index is 1.50. The van der Waals surface area contributed by atoms with Crippen LogP contribution in [-0.2, 0) is 16.1 Å². The Bertz CT molecular complexity index is 1230. The highest BCUT2D eigenvalue weighted by Gasteiger charge is 2.20. The van der Waals surface area contributed by atoms with Gasteiger partial charge in [-0.3, -0.25) is 9.36 Å². The quantitative estimate of drug-likeness (QED) is 0.310. The summed E-state index contributed by atoms with van der Waals surface area (Å²) in [7, 11) is 1.65. The fraction of sp³-hybridized carbons (Fsp3) is 0.240. The minimum Gasteiger partial charge on any atom is -0.383 e. The number of thioether (sulfide) groups is 1. The number of methoxy groups -OCH3 is 1. The van der Waals surface area contributed by atoms with Gasteiger partial charge in [0.25, 0.3) is 0 Å². The van der Waals surface area contributed by atoms with E-state index in [9.17, 15) is 9.18 Å². The molecule has 0 spiro atoms. The molecule has 0 unspecified atom stereocenters. The molecular formula is C25H25FN4O2S2. The fourth-order valence-corrected chi connectivity index (χ4v) is 5.12. The monoisotopic (exact) mass is 496 g/mol. The number of carbonyl (C=O) groups excluding carboxylic acids is 1. The summed E-state index contributed by atoms with van der Waals surface area (Å²) >= 11 is 2.87. The number of carbonyl (C=O) groups is 1. The molecule has 0 fully saturated rings. The number of rotatable bonds is 10. The Morgan fingerprint density at radius 1 is 1.18 bits per heavy atom. The molecule has 2 aromatic carbocycles. The first-order valence-electron chi connectivity index (χ1n) is 10.8. The number of nitrogens with one attached hydrogen (secondary N) is 1. The molecule has 0 aliphatic heterocycles. The van der Waals surface area contributed by atoms with Crippen LogP contribution in [0.3, 0.4) is 0 Å². The van der Waals surface area contributed by atoms with E-state index < -0.39 is 0 Å². The third kappa shape index (κ3) is 5.91. The number of amides is 1. The maximum absolute atomic E-state index is 13.4. The van der Waals surface area contributed by atoms with Gasteiger partial charge in [-0.1, -0.05) is 53.7 Å². The van der Waals surface area contributed by atoms with Gasteiger partial charge in [-0.25, -0.2) is 4.39 Å². The molecule has 6 nitrogen and oxygen atoms in total. The Kier molecular flexibility index (Phi) is 8.10. The Hall–Kier alpha value is -3.01. The SMILES string of the molecule is COCCn1c(SCC(=O)N[C@@H](c2ccc(F)cc2)c2cccs2)nnc1-c1cccc(C)c1. The highest BCUT2D eigenvalue weighted by Crippen LogP contribution is 2.28. The van der Waals surface area contributed by atoms with Gasteiger partial charge in [-0.2, -0.15) is 0 Å². The van der Waals surface area contributed by atoms with Gasteiger partial charge < -0.3 is 10.1 Å². The van der Waals surface area contributed by atoms with Crippen LogP contribution in [0.25, 0.3) is 11.4 Å². The van der Waals surface area contributed by atoms with Crippen LogP contribution in [0.4, 0.5) is 4.39 Å². The predicted molar refractivity (Wildman–Crippen MR) is 133 cm³/mol. The molecule has 34 heavy (non-hydrogen) atoms. The van der Waals surface area contributed by atoms with E-state index in [0.717, 1.165) is 27.4 Å². The number of aryl methyl sites for hydroxylation is 1. The number of ether oxygens (including phenoxy) is 1. The van der Waals surface area contributed by atoms with Gasteiger partial charge in [0, 0.05) is 17.6 Å². The molecule has 176 valence electrons. The Morgan fingerprint density at radius 2 is 2.00 bits per heavy atom. The Morgan fingerprint density at radius 3 is 2.71 bits per heavy atom. The van der Waals surface area contributed by atoms with Crippen molar-refractivity contribution in [1.82, 2.24) is 20.1 Å². The largest absolute Gasteiger partial charge is 0.383 e. The summed E-state index contributed by atoms with van der Waals surface area (Å²) in [6.45, 7) is 3.11. The molecule has 0 bridgehead atoms. The maximum atomic E-state index is 13.4. The van der Waals surface area contributed by atoms with E-state index in [1.165, 1.54) is 23.9 Å². The average Bonchev–Trinajstić information content (AvgIpc) is 3.51. The van der Waals surface area contributed by atoms with Gasteiger partial charge in [-0.05, 0) is 42.1 Å². The van der Waals surface area contributed by atoms with E-state index in [2.05, 4.69) is 21.6 Å². The lowest BCUT2D eigenvalue weighted by Gasteiger charge is -2.18. The second kappa shape index (κ2) is 11.4. The minimum absolute atomic E-state index is 0.147. The fourth-order valence-electron chi connectivity index (χ4n) is 3.54. The zero-order chi connectivity index (χ0) is 23.9. The third-order valence-corrected chi connectivity index (χ3v) is 7.08. The van der Waals surface area contributed by atoms with Crippen molar-refractivity contribution < 1.29 is 13.9 Å². The first-order chi connectivity index (χ1) is 16.5. The van der Waals surface area contributed by atoms with Crippen LogP contribution in [0.1, 0.15) is 22.0 Å². The number of hydrogen-bond acceptors (Lipinski definition) is 6. The molecule has 2 heterocycles. The molecule has 9 heteroatoms. The van der Waals surface area contributed by atoms with Gasteiger partial charge >= 0.3 is 0 Å². The van der Waals surface area contributed by atoms with Crippen molar-refractivity contribution in [3.8, 4) is 11.4 Å². The van der Waals surface area contributed by atoms with Crippen LogP contribution in [0.5, 0.6) is 0 Å². The number of benzene rings is 2. The molecule has 4 aromatic rings. The van der Waals surface area contributed by atoms with Crippen molar-refractivity contribution in [2.75, 3.05) is 19.5 Å². The molecule has 1 amide bonds. The van der Waals surface area contributed by atoms with Crippen LogP contribution in [0, 0.1) is 12.7 Å². The van der Waals surface area contributed by atoms with Crippen molar-refractivity contribution in [2.24, 2.45) is 0 Å². The van der Waals surface area contributed by atoms with Gasteiger partial charge in [0.05, 0.1) is 24.9 Å². The predicted octanol–water partition coefficient (Wildman–Crippen LogP) is 5.10. The summed E-state index contributed by atoms with van der Waals surface area (Å²) in [5, 5.41) is 14.4. The van der Waals surface area contributed by atoms with Crippen LogP contribution in [0.15, 0.2) is 71.2 Å². The number of aromatic nitrogens is 3. The standard InChI is InChI=1S/C25H25FN4O2S2/c1-17-5-3-6-19(15-17)24-28-29-25(30(24)12-13-32-2)34-16-22(31)27-23(21-7-4-14-33-21)18-8-10-20(26)11-9-18/h3-11,14-15,23H,12-13,16H2,1-2H3,(H,27,31)/t23-/m0/s1. The summed E-state index contributed by atoms with van der Waals surface area (Å²) in [5.41, 5.74) is 2.92. The minimum atomic E-state index is -0.345. The lowest BCUT2D eigenvalue weighted by atomic mass is 10.1. The zero-order valence-electron chi connectivity index (χ0n) is 18.9. The zero-order valence-corrected chi connectivity index (χ0v) is 20.5. The molecule has 0 aliphatic rings. The first-order valence-corrected chi connectivity index (χ1v) is 12.6. The number of nitrogens with zero attached hydrogens (tertiary/aromatic N) is 3. The topological polar surface area (TPSA) is 69.0 Å². The summed E-state index contributed by atoms with van der Waals surface area (Å²) in [6, 6.07) is 17.8. The van der Waals surface area contributed by atoms with Crippen molar-refractivity contribution in [3.05, 3.63) is 87.9 Å². The highest BCUT2D eigenvalue weighted by molar-refractivity contribution is 7.99. The summed E-state index contributed by atoms with van der Waals surface area (Å²) < 4.78 is 20.7. The highest BCUT2D eigenvalue weighted by atomic mass is 32.2. The maximum Gasteiger partial charge on any atom is 0.231 e. The Labute approximate surface area is 206 Å². The first kappa shape index (κ1) is 24.1. The lowest BCUT2D eigenvalue weighted by molar-refractivity contribution is -0.119. The van der Waals surface area contributed by atoms with Crippen LogP contribution >= 0.6 is 23.1 Å². The van der Waals surface area contributed by atoms with Crippen molar-refractivity contribution in [2.45, 2.75) is 24.7 Å². The molecule has 0 radical (unpaired) electrons. The van der Waals surface area contributed by atoms with Crippen LogP contribution in [0.2, 0.25) is 0 Å². The summed E-state index contributed by atoms with van der Waals surface area (Å²) in [6.07, 6.45) is 0. The van der Waals surface area contributed by atoms with Gasteiger partial charge in [0.2, 0.25) is 5.91 Å². The number of thiophene rings is 1.